The minimum absolute atomic E-state index is 0.283. The second-order valence-corrected chi connectivity index (χ2v) is 7.33. The molecule has 0 aliphatic carbocycles. The number of amides is 1. The summed E-state index contributed by atoms with van der Waals surface area (Å²) in [5.74, 6) is 1.45. The first-order chi connectivity index (χ1) is 15.1. The molecule has 0 saturated heterocycles. The third-order valence-electron chi connectivity index (χ3n) is 4.53. The molecule has 0 atom stereocenters. The van der Waals surface area contributed by atoms with Crippen LogP contribution in [0.5, 0.6) is 17.5 Å². The van der Waals surface area contributed by atoms with Crippen molar-refractivity contribution in [2.45, 2.75) is 0 Å². The maximum absolute atomic E-state index is 12.7. The fourth-order valence-electron chi connectivity index (χ4n) is 3.00. The van der Waals surface area contributed by atoms with Crippen LogP contribution in [-0.2, 0) is 0 Å². The number of carbonyl (C=O) groups excluding carboxylic acids is 1. The summed E-state index contributed by atoms with van der Waals surface area (Å²) in [7, 11) is 4.60. The lowest BCUT2D eigenvalue weighted by Gasteiger charge is -2.11. The molecule has 0 radical (unpaired) electrons. The van der Waals surface area contributed by atoms with Crippen molar-refractivity contribution in [1.82, 2.24) is 14.8 Å². The Morgan fingerprint density at radius 1 is 1.00 bits per heavy atom. The number of nitrogens with zero attached hydrogens (tertiary/aromatic N) is 3. The van der Waals surface area contributed by atoms with Crippen molar-refractivity contribution < 1.29 is 19.0 Å². The van der Waals surface area contributed by atoms with Crippen molar-refractivity contribution in [1.29, 1.82) is 0 Å². The Morgan fingerprint density at radius 3 is 2.45 bits per heavy atom. The molecule has 0 spiro atoms. The quantitative estimate of drug-likeness (QED) is 0.465. The van der Waals surface area contributed by atoms with Gasteiger partial charge in [0.2, 0.25) is 0 Å². The van der Waals surface area contributed by atoms with E-state index in [1.807, 2.05) is 29.6 Å². The molecule has 0 unspecified atom stereocenters. The fraction of sp³-hybridized carbons (Fsp3) is 0.136. The standard InChI is InChI=1S/C22H20N4O4S/c1-28-16-10-11-17(18(13-16)29-2)21(27)23-14-6-8-15(9-7-14)26-20(19-5-4-12-31-19)24-22(25-26)30-3/h4-13H,1-3H3,(H,23,27). The first-order valence-corrected chi connectivity index (χ1v) is 10.2. The van der Waals surface area contributed by atoms with Crippen LogP contribution in [0.15, 0.2) is 60.0 Å². The topological polar surface area (TPSA) is 87.5 Å². The minimum atomic E-state index is -0.283. The second kappa shape index (κ2) is 8.88. The van der Waals surface area contributed by atoms with Gasteiger partial charge in [0.25, 0.3) is 5.91 Å². The Hall–Kier alpha value is -3.85. The molecule has 0 bridgehead atoms. The molecule has 9 heteroatoms. The van der Waals surface area contributed by atoms with Gasteiger partial charge in [0, 0.05) is 11.8 Å². The highest BCUT2D eigenvalue weighted by Gasteiger charge is 2.16. The first-order valence-electron chi connectivity index (χ1n) is 9.31. The van der Waals surface area contributed by atoms with Crippen LogP contribution in [0.4, 0.5) is 5.69 Å². The Balaban J connectivity index is 1.57. The SMILES string of the molecule is COc1ccc(C(=O)Nc2ccc(-n3nc(OC)nc3-c3cccs3)cc2)c(OC)c1. The first kappa shape index (κ1) is 20.4. The van der Waals surface area contributed by atoms with Gasteiger partial charge in [-0.05, 0) is 47.8 Å². The van der Waals surface area contributed by atoms with Gasteiger partial charge >= 0.3 is 6.01 Å². The van der Waals surface area contributed by atoms with E-state index in [1.165, 1.54) is 14.2 Å². The number of aromatic nitrogens is 3. The number of benzene rings is 2. The average Bonchev–Trinajstić information content (AvgIpc) is 3.49. The van der Waals surface area contributed by atoms with E-state index in [1.54, 1.807) is 53.5 Å². The number of ether oxygens (including phenoxy) is 3. The van der Waals surface area contributed by atoms with Crippen molar-refractivity contribution in [2.75, 3.05) is 26.6 Å². The monoisotopic (exact) mass is 436 g/mol. The smallest absolute Gasteiger partial charge is 0.336 e. The normalized spacial score (nSPS) is 10.5. The fourth-order valence-corrected chi connectivity index (χ4v) is 3.69. The number of methoxy groups -OCH3 is 3. The predicted molar refractivity (Wildman–Crippen MR) is 119 cm³/mol. The average molecular weight is 436 g/mol. The summed E-state index contributed by atoms with van der Waals surface area (Å²) in [6.07, 6.45) is 0. The van der Waals surface area contributed by atoms with E-state index in [0.29, 0.717) is 28.6 Å². The van der Waals surface area contributed by atoms with E-state index in [0.717, 1.165) is 10.6 Å². The summed E-state index contributed by atoms with van der Waals surface area (Å²) in [5, 5.41) is 9.27. The van der Waals surface area contributed by atoms with Crippen LogP contribution in [0.1, 0.15) is 10.4 Å². The molecule has 1 amide bonds. The van der Waals surface area contributed by atoms with Crippen molar-refractivity contribution >= 4 is 22.9 Å². The maximum Gasteiger partial charge on any atom is 0.336 e. The summed E-state index contributed by atoms with van der Waals surface area (Å²) in [4.78, 5) is 18.1. The number of rotatable bonds is 7. The maximum atomic E-state index is 12.7. The lowest BCUT2D eigenvalue weighted by molar-refractivity contribution is 0.102. The van der Waals surface area contributed by atoms with Crippen LogP contribution in [0, 0.1) is 0 Å². The number of nitrogens with one attached hydrogen (secondary N) is 1. The van der Waals surface area contributed by atoms with Crippen molar-refractivity contribution in [2.24, 2.45) is 0 Å². The molecule has 0 aliphatic rings. The van der Waals surface area contributed by atoms with E-state index in [2.05, 4.69) is 15.4 Å². The van der Waals surface area contributed by atoms with Gasteiger partial charge in [-0.25, -0.2) is 4.68 Å². The van der Waals surface area contributed by atoms with E-state index in [9.17, 15) is 4.79 Å². The zero-order valence-electron chi connectivity index (χ0n) is 17.2. The van der Waals surface area contributed by atoms with Gasteiger partial charge in [0.15, 0.2) is 5.82 Å². The summed E-state index contributed by atoms with van der Waals surface area (Å²) in [6.45, 7) is 0. The number of anilines is 1. The van der Waals surface area contributed by atoms with Crippen molar-refractivity contribution in [3.8, 4) is 33.9 Å². The molecule has 31 heavy (non-hydrogen) atoms. The second-order valence-electron chi connectivity index (χ2n) is 6.38. The molecule has 2 heterocycles. The summed E-state index contributed by atoms with van der Waals surface area (Å²) in [5.41, 5.74) is 1.84. The molecule has 1 N–H and O–H groups in total. The molecule has 2 aromatic heterocycles. The van der Waals surface area contributed by atoms with Gasteiger partial charge in [0.05, 0.1) is 37.5 Å². The Morgan fingerprint density at radius 2 is 1.81 bits per heavy atom. The molecule has 158 valence electrons. The molecule has 0 aliphatic heterocycles. The van der Waals surface area contributed by atoms with E-state index >= 15 is 0 Å². The number of carbonyl (C=O) groups is 1. The predicted octanol–water partition coefficient (Wildman–Crippen LogP) is 4.27. The Bertz CT molecular complexity index is 1190. The minimum Gasteiger partial charge on any atom is -0.497 e. The number of hydrogen-bond donors (Lipinski definition) is 1. The van der Waals surface area contributed by atoms with Crippen molar-refractivity contribution in [3.05, 3.63) is 65.5 Å². The number of hydrogen-bond acceptors (Lipinski definition) is 7. The molecule has 8 nitrogen and oxygen atoms in total. The lowest BCUT2D eigenvalue weighted by atomic mass is 10.1. The Kier molecular flexibility index (Phi) is 5.85. The molecule has 0 fully saturated rings. The lowest BCUT2D eigenvalue weighted by Crippen LogP contribution is -2.13. The van der Waals surface area contributed by atoms with Gasteiger partial charge in [-0.3, -0.25) is 4.79 Å². The summed E-state index contributed by atoms with van der Waals surface area (Å²) < 4.78 is 17.4. The van der Waals surface area contributed by atoms with Gasteiger partial charge in [-0.1, -0.05) is 6.07 Å². The molecule has 0 saturated carbocycles. The highest BCUT2D eigenvalue weighted by molar-refractivity contribution is 7.13. The molecular formula is C22H20N4O4S. The third-order valence-corrected chi connectivity index (χ3v) is 5.40. The van der Waals surface area contributed by atoms with Crippen LogP contribution >= 0.6 is 11.3 Å². The Labute approximate surface area is 183 Å². The van der Waals surface area contributed by atoms with Crippen molar-refractivity contribution in [3.63, 3.8) is 0 Å². The highest BCUT2D eigenvalue weighted by Crippen LogP contribution is 2.28. The molecular weight excluding hydrogens is 416 g/mol. The van der Waals surface area contributed by atoms with Gasteiger partial charge in [0.1, 0.15) is 11.5 Å². The number of thiophene rings is 1. The van der Waals surface area contributed by atoms with E-state index < -0.39 is 0 Å². The third kappa shape index (κ3) is 4.22. The van der Waals surface area contributed by atoms with Crippen LogP contribution in [0.25, 0.3) is 16.4 Å². The summed E-state index contributed by atoms with van der Waals surface area (Å²) in [6, 6.07) is 16.6. The van der Waals surface area contributed by atoms with Crippen LogP contribution in [0.3, 0.4) is 0 Å². The molecule has 4 rings (SSSR count). The highest BCUT2D eigenvalue weighted by atomic mass is 32.1. The zero-order chi connectivity index (χ0) is 21.8. The van der Waals surface area contributed by atoms with E-state index in [4.69, 9.17) is 14.2 Å². The van der Waals surface area contributed by atoms with Gasteiger partial charge in [-0.2, -0.15) is 4.98 Å². The van der Waals surface area contributed by atoms with Gasteiger partial charge < -0.3 is 19.5 Å². The summed E-state index contributed by atoms with van der Waals surface area (Å²) >= 11 is 1.57. The zero-order valence-corrected chi connectivity index (χ0v) is 18.0. The van der Waals surface area contributed by atoms with Crippen LogP contribution in [0.2, 0.25) is 0 Å². The van der Waals surface area contributed by atoms with E-state index in [-0.39, 0.29) is 11.9 Å². The van der Waals surface area contributed by atoms with Gasteiger partial charge in [-0.15, -0.1) is 16.4 Å². The molecule has 2 aromatic carbocycles. The largest absolute Gasteiger partial charge is 0.497 e. The molecule has 4 aromatic rings. The van der Waals surface area contributed by atoms with Crippen LogP contribution in [-0.4, -0.2) is 42.0 Å². The van der Waals surface area contributed by atoms with Crippen LogP contribution < -0.4 is 19.5 Å².